The monoisotopic (exact) mass is 245 g/mol. The largest absolute Gasteiger partial charge is 0.340 e. The van der Waals surface area contributed by atoms with Gasteiger partial charge in [0.05, 0.1) is 5.88 Å². The fourth-order valence-corrected chi connectivity index (χ4v) is 2.68. The van der Waals surface area contributed by atoms with Gasteiger partial charge in [-0.05, 0) is 12.8 Å². The molecule has 1 amide bonds. The van der Waals surface area contributed by atoms with Crippen LogP contribution in [0.25, 0.3) is 0 Å². The Morgan fingerprint density at radius 1 is 1.25 bits per heavy atom. The molecule has 16 heavy (non-hydrogen) atoms. The summed E-state index contributed by atoms with van der Waals surface area (Å²) < 4.78 is 0. The number of amides is 1. The van der Waals surface area contributed by atoms with E-state index >= 15 is 0 Å². The fraction of sp³-hybridized carbons (Fsp3) is 0.833. The Labute approximate surface area is 102 Å². The molecule has 0 N–H and O–H groups in total. The first kappa shape index (κ1) is 13.5. The third-order valence-corrected chi connectivity index (χ3v) is 3.94. The molecule has 3 nitrogen and oxygen atoms in total. The van der Waals surface area contributed by atoms with Crippen LogP contribution in [0.1, 0.15) is 45.4 Å². The quantitative estimate of drug-likeness (QED) is 0.713. The molecule has 0 aromatic carbocycles. The van der Waals surface area contributed by atoms with Gasteiger partial charge in [-0.15, -0.1) is 11.6 Å². The second-order valence-electron chi connectivity index (χ2n) is 4.71. The lowest BCUT2D eigenvalue weighted by Gasteiger charge is -2.44. The maximum Gasteiger partial charge on any atom is 0.219 e. The lowest BCUT2D eigenvalue weighted by atomic mass is 9.77. The highest BCUT2D eigenvalue weighted by Crippen LogP contribution is 2.36. The number of carbonyl (C=O) groups is 2. The lowest BCUT2D eigenvalue weighted by Crippen LogP contribution is -2.51. The predicted octanol–water partition coefficient (Wildman–Crippen LogP) is 2.37. The molecule has 1 fully saturated rings. The van der Waals surface area contributed by atoms with E-state index in [9.17, 15) is 9.59 Å². The van der Waals surface area contributed by atoms with E-state index in [1.165, 1.54) is 6.42 Å². The summed E-state index contributed by atoms with van der Waals surface area (Å²) in [6.07, 6.45) is 5.63. The maximum absolute atomic E-state index is 11.5. The smallest absolute Gasteiger partial charge is 0.219 e. The topological polar surface area (TPSA) is 37.4 Å². The van der Waals surface area contributed by atoms with Crippen LogP contribution >= 0.6 is 11.6 Å². The van der Waals surface area contributed by atoms with Crippen LogP contribution in [0, 0.1) is 0 Å². The second-order valence-corrected chi connectivity index (χ2v) is 4.98. The van der Waals surface area contributed by atoms with Crippen LogP contribution in [-0.4, -0.2) is 35.1 Å². The molecule has 0 heterocycles. The van der Waals surface area contributed by atoms with Crippen molar-refractivity contribution >= 4 is 23.3 Å². The number of ketones is 1. The van der Waals surface area contributed by atoms with Crippen molar-refractivity contribution < 1.29 is 9.59 Å². The molecule has 1 aliphatic carbocycles. The third kappa shape index (κ3) is 2.97. The number of hydrogen-bond acceptors (Lipinski definition) is 2. The molecule has 0 atom stereocenters. The van der Waals surface area contributed by atoms with Gasteiger partial charge in [-0.2, -0.15) is 0 Å². The van der Waals surface area contributed by atoms with Crippen LogP contribution in [-0.2, 0) is 9.59 Å². The van der Waals surface area contributed by atoms with Crippen LogP contribution in [0.5, 0.6) is 0 Å². The average Bonchev–Trinajstić information content (AvgIpc) is 2.29. The van der Waals surface area contributed by atoms with Crippen molar-refractivity contribution in [1.29, 1.82) is 0 Å². The summed E-state index contributed by atoms with van der Waals surface area (Å²) in [6.45, 7) is 1.56. The van der Waals surface area contributed by atoms with E-state index in [0.29, 0.717) is 6.42 Å². The third-order valence-electron chi connectivity index (χ3n) is 3.64. The van der Waals surface area contributed by atoms with Gasteiger partial charge in [-0.1, -0.05) is 19.3 Å². The van der Waals surface area contributed by atoms with Crippen LogP contribution in [0.4, 0.5) is 0 Å². The van der Waals surface area contributed by atoms with E-state index in [1.807, 2.05) is 0 Å². The van der Waals surface area contributed by atoms with E-state index < -0.39 is 0 Å². The summed E-state index contributed by atoms with van der Waals surface area (Å²) in [7, 11) is 1.80. The van der Waals surface area contributed by atoms with Crippen LogP contribution < -0.4 is 0 Å². The number of alkyl halides is 1. The van der Waals surface area contributed by atoms with Gasteiger partial charge in [0.15, 0.2) is 0 Å². The minimum Gasteiger partial charge on any atom is -0.340 e. The van der Waals surface area contributed by atoms with Gasteiger partial charge < -0.3 is 4.90 Å². The molecule has 0 unspecified atom stereocenters. The SMILES string of the molecule is CC(=O)N(C)C1(CC(=O)CCl)CCCCC1. The summed E-state index contributed by atoms with van der Waals surface area (Å²) in [5.74, 6) is 0.119. The van der Waals surface area contributed by atoms with Crippen LogP contribution in [0.3, 0.4) is 0 Å². The highest BCUT2D eigenvalue weighted by atomic mass is 35.5. The first-order chi connectivity index (χ1) is 7.52. The second kappa shape index (κ2) is 5.67. The molecule has 0 aromatic rings. The molecule has 0 saturated heterocycles. The molecule has 1 saturated carbocycles. The normalized spacial score (nSPS) is 19.2. The maximum atomic E-state index is 11.5. The van der Waals surface area contributed by atoms with Gasteiger partial charge in [0.1, 0.15) is 5.78 Å². The Hall–Kier alpha value is -0.570. The van der Waals surface area contributed by atoms with Gasteiger partial charge in [0, 0.05) is 25.9 Å². The van der Waals surface area contributed by atoms with Gasteiger partial charge in [-0.25, -0.2) is 0 Å². The van der Waals surface area contributed by atoms with E-state index in [1.54, 1.807) is 18.9 Å². The zero-order valence-electron chi connectivity index (χ0n) is 10.1. The summed E-state index contributed by atoms with van der Waals surface area (Å²) in [5.41, 5.74) is -0.268. The Morgan fingerprint density at radius 3 is 2.25 bits per heavy atom. The van der Waals surface area contributed by atoms with E-state index in [2.05, 4.69) is 0 Å². The number of Topliss-reactive ketones (excluding diaryl/α,β-unsaturated/α-hetero) is 1. The first-order valence-corrected chi connectivity index (χ1v) is 6.37. The molecule has 0 radical (unpaired) electrons. The zero-order valence-corrected chi connectivity index (χ0v) is 10.8. The molecule has 0 spiro atoms. The minimum absolute atomic E-state index is 0.0317. The van der Waals surface area contributed by atoms with Crippen molar-refractivity contribution in [2.24, 2.45) is 0 Å². The van der Waals surface area contributed by atoms with Crippen molar-refractivity contribution in [1.82, 2.24) is 4.90 Å². The van der Waals surface area contributed by atoms with Gasteiger partial charge >= 0.3 is 0 Å². The van der Waals surface area contributed by atoms with Gasteiger partial charge in [-0.3, -0.25) is 9.59 Å². The highest BCUT2D eigenvalue weighted by molar-refractivity contribution is 6.27. The average molecular weight is 246 g/mol. The van der Waals surface area contributed by atoms with Crippen molar-refractivity contribution in [2.75, 3.05) is 12.9 Å². The standard InChI is InChI=1S/C12H20ClNO2/c1-10(15)14(2)12(8-11(16)9-13)6-4-3-5-7-12/h3-9H2,1-2H3. The van der Waals surface area contributed by atoms with E-state index in [0.717, 1.165) is 25.7 Å². The van der Waals surface area contributed by atoms with E-state index in [-0.39, 0.29) is 23.1 Å². The molecule has 0 bridgehead atoms. The Balaban J connectivity index is 2.82. The zero-order chi connectivity index (χ0) is 12.2. The fourth-order valence-electron chi connectivity index (χ4n) is 2.59. The van der Waals surface area contributed by atoms with Crippen molar-refractivity contribution in [2.45, 2.75) is 51.0 Å². The predicted molar refractivity (Wildman–Crippen MR) is 64.6 cm³/mol. The summed E-state index contributed by atoms with van der Waals surface area (Å²) in [4.78, 5) is 24.8. The van der Waals surface area contributed by atoms with Crippen LogP contribution in [0.15, 0.2) is 0 Å². The number of hydrogen-bond donors (Lipinski definition) is 0. The Morgan fingerprint density at radius 2 is 1.81 bits per heavy atom. The van der Waals surface area contributed by atoms with Crippen molar-refractivity contribution in [3.05, 3.63) is 0 Å². The van der Waals surface area contributed by atoms with Gasteiger partial charge in [0.2, 0.25) is 5.91 Å². The molecule has 92 valence electrons. The molecule has 1 rings (SSSR count). The number of carbonyl (C=O) groups excluding carboxylic acids is 2. The summed E-state index contributed by atoms with van der Waals surface area (Å²) in [5, 5.41) is 0. The molecular weight excluding hydrogens is 226 g/mol. The molecule has 1 aliphatic rings. The molecule has 0 aromatic heterocycles. The first-order valence-electron chi connectivity index (χ1n) is 5.84. The molecule has 4 heteroatoms. The minimum atomic E-state index is -0.268. The van der Waals surface area contributed by atoms with Crippen LogP contribution in [0.2, 0.25) is 0 Å². The van der Waals surface area contributed by atoms with Crippen molar-refractivity contribution in [3.8, 4) is 0 Å². The summed E-state index contributed by atoms with van der Waals surface area (Å²) >= 11 is 5.56. The molecule has 0 aliphatic heterocycles. The van der Waals surface area contributed by atoms with Gasteiger partial charge in [0.25, 0.3) is 0 Å². The lowest BCUT2D eigenvalue weighted by molar-refractivity contribution is -0.136. The van der Waals surface area contributed by atoms with Crippen molar-refractivity contribution in [3.63, 3.8) is 0 Å². The molecular formula is C12H20ClNO2. The summed E-state index contributed by atoms with van der Waals surface area (Å²) in [6, 6.07) is 0. The Kier molecular flexibility index (Phi) is 4.78. The number of rotatable bonds is 4. The highest BCUT2D eigenvalue weighted by Gasteiger charge is 2.38. The number of nitrogens with zero attached hydrogens (tertiary/aromatic N) is 1. The van der Waals surface area contributed by atoms with E-state index in [4.69, 9.17) is 11.6 Å². The Bertz CT molecular complexity index is 272. The number of halogens is 1.